The summed E-state index contributed by atoms with van der Waals surface area (Å²) in [6, 6.07) is 12.2. The molecule has 0 saturated heterocycles. The van der Waals surface area contributed by atoms with E-state index in [1.165, 1.54) is 11.1 Å². The standard InChI is InChI=1S/C16H16BrN3OS/c1-3-20-15(13-8-9-14(17)21-13)18-19-16(20)22-10-12-7-5-4-6-11(12)2/h4-9H,3,10H2,1-2H3. The summed E-state index contributed by atoms with van der Waals surface area (Å²) < 4.78 is 8.37. The van der Waals surface area contributed by atoms with Crippen molar-refractivity contribution in [1.29, 1.82) is 0 Å². The number of benzene rings is 1. The van der Waals surface area contributed by atoms with Crippen LogP contribution in [-0.2, 0) is 12.3 Å². The number of rotatable bonds is 5. The molecule has 0 radical (unpaired) electrons. The Balaban J connectivity index is 1.83. The maximum Gasteiger partial charge on any atom is 0.200 e. The summed E-state index contributed by atoms with van der Waals surface area (Å²) in [7, 11) is 0. The molecular weight excluding hydrogens is 362 g/mol. The van der Waals surface area contributed by atoms with Gasteiger partial charge in [0, 0.05) is 12.3 Å². The fraction of sp³-hybridized carbons (Fsp3) is 0.250. The highest BCUT2D eigenvalue weighted by Crippen LogP contribution is 2.29. The largest absolute Gasteiger partial charge is 0.446 e. The fourth-order valence-electron chi connectivity index (χ4n) is 2.21. The second kappa shape index (κ2) is 6.71. The average molecular weight is 378 g/mol. The molecule has 0 amide bonds. The van der Waals surface area contributed by atoms with Gasteiger partial charge >= 0.3 is 0 Å². The van der Waals surface area contributed by atoms with Crippen LogP contribution in [0.25, 0.3) is 11.6 Å². The summed E-state index contributed by atoms with van der Waals surface area (Å²) >= 11 is 5.02. The van der Waals surface area contributed by atoms with Crippen LogP contribution in [-0.4, -0.2) is 14.8 Å². The van der Waals surface area contributed by atoms with Crippen molar-refractivity contribution in [2.45, 2.75) is 31.3 Å². The molecule has 3 rings (SSSR count). The monoisotopic (exact) mass is 377 g/mol. The van der Waals surface area contributed by atoms with Crippen LogP contribution in [0.1, 0.15) is 18.1 Å². The van der Waals surface area contributed by atoms with Crippen LogP contribution in [0.15, 0.2) is 50.6 Å². The maximum atomic E-state index is 5.59. The number of nitrogens with zero attached hydrogens (tertiary/aromatic N) is 3. The summed E-state index contributed by atoms with van der Waals surface area (Å²) in [5.41, 5.74) is 2.62. The minimum atomic E-state index is 0.697. The third-order valence-electron chi connectivity index (χ3n) is 3.44. The summed E-state index contributed by atoms with van der Waals surface area (Å²) in [6.07, 6.45) is 0. The Labute approximate surface area is 142 Å². The first-order valence-corrected chi connectivity index (χ1v) is 8.83. The molecule has 0 bridgehead atoms. The highest BCUT2D eigenvalue weighted by Gasteiger charge is 2.16. The van der Waals surface area contributed by atoms with E-state index >= 15 is 0 Å². The minimum Gasteiger partial charge on any atom is -0.446 e. The van der Waals surface area contributed by atoms with Crippen molar-refractivity contribution in [2.24, 2.45) is 0 Å². The first-order chi connectivity index (χ1) is 10.7. The first kappa shape index (κ1) is 15.4. The van der Waals surface area contributed by atoms with Crippen molar-refractivity contribution in [3.63, 3.8) is 0 Å². The molecule has 0 aliphatic rings. The molecule has 4 nitrogen and oxygen atoms in total. The molecule has 114 valence electrons. The second-order valence-electron chi connectivity index (χ2n) is 4.87. The summed E-state index contributed by atoms with van der Waals surface area (Å²) in [5, 5.41) is 9.51. The quantitative estimate of drug-likeness (QED) is 0.591. The minimum absolute atomic E-state index is 0.697. The lowest BCUT2D eigenvalue weighted by atomic mass is 10.1. The van der Waals surface area contributed by atoms with E-state index in [2.05, 4.69) is 68.8 Å². The Morgan fingerprint density at radius 2 is 2.00 bits per heavy atom. The van der Waals surface area contributed by atoms with Gasteiger partial charge in [0.1, 0.15) is 0 Å². The van der Waals surface area contributed by atoms with E-state index < -0.39 is 0 Å². The van der Waals surface area contributed by atoms with Gasteiger partial charge in [0.25, 0.3) is 0 Å². The van der Waals surface area contributed by atoms with E-state index in [4.69, 9.17) is 4.42 Å². The zero-order valence-corrected chi connectivity index (χ0v) is 14.8. The van der Waals surface area contributed by atoms with Gasteiger partial charge in [-0.25, -0.2) is 0 Å². The highest BCUT2D eigenvalue weighted by molar-refractivity contribution is 9.10. The van der Waals surface area contributed by atoms with Crippen LogP contribution in [0.2, 0.25) is 0 Å². The predicted molar refractivity (Wildman–Crippen MR) is 91.8 cm³/mol. The number of furan rings is 1. The van der Waals surface area contributed by atoms with E-state index in [0.717, 1.165) is 29.0 Å². The van der Waals surface area contributed by atoms with Crippen molar-refractivity contribution in [3.8, 4) is 11.6 Å². The van der Waals surface area contributed by atoms with E-state index in [1.54, 1.807) is 11.8 Å². The molecule has 0 spiro atoms. The molecule has 3 aromatic rings. The molecule has 0 aliphatic heterocycles. The Bertz CT molecular complexity index is 781. The molecule has 0 aliphatic carbocycles. The van der Waals surface area contributed by atoms with Crippen LogP contribution in [0, 0.1) is 6.92 Å². The van der Waals surface area contributed by atoms with Crippen molar-refractivity contribution in [3.05, 3.63) is 52.2 Å². The smallest absolute Gasteiger partial charge is 0.200 e. The third-order valence-corrected chi connectivity index (χ3v) is 4.89. The van der Waals surface area contributed by atoms with Crippen molar-refractivity contribution in [1.82, 2.24) is 14.8 Å². The zero-order chi connectivity index (χ0) is 15.5. The van der Waals surface area contributed by atoms with Gasteiger partial charge in [0.05, 0.1) is 0 Å². The van der Waals surface area contributed by atoms with E-state index in [0.29, 0.717) is 4.67 Å². The maximum absolute atomic E-state index is 5.59. The predicted octanol–water partition coefficient (Wildman–Crippen LogP) is 4.92. The summed E-state index contributed by atoms with van der Waals surface area (Å²) in [4.78, 5) is 0. The summed E-state index contributed by atoms with van der Waals surface area (Å²) in [6.45, 7) is 5.02. The van der Waals surface area contributed by atoms with Gasteiger partial charge in [-0.1, -0.05) is 36.0 Å². The molecule has 0 unspecified atom stereocenters. The van der Waals surface area contributed by atoms with Crippen LogP contribution < -0.4 is 0 Å². The molecule has 0 fully saturated rings. The SMILES string of the molecule is CCn1c(SCc2ccccc2C)nnc1-c1ccc(Br)o1. The Hall–Kier alpha value is -1.53. The van der Waals surface area contributed by atoms with Gasteiger partial charge in [0.2, 0.25) is 5.82 Å². The number of aryl methyl sites for hydroxylation is 1. The summed E-state index contributed by atoms with van der Waals surface area (Å²) in [5.74, 6) is 2.37. The Morgan fingerprint density at radius 1 is 1.18 bits per heavy atom. The van der Waals surface area contributed by atoms with Crippen LogP contribution >= 0.6 is 27.7 Å². The topological polar surface area (TPSA) is 43.9 Å². The third kappa shape index (κ3) is 3.13. The van der Waals surface area contributed by atoms with Crippen molar-refractivity contribution < 1.29 is 4.42 Å². The zero-order valence-electron chi connectivity index (χ0n) is 12.4. The van der Waals surface area contributed by atoms with Gasteiger partial charge in [-0.2, -0.15) is 0 Å². The number of halogens is 1. The van der Waals surface area contributed by atoms with Gasteiger partial charge in [0.15, 0.2) is 15.6 Å². The molecular formula is C16H16BrN3OS. The number of thioether (sulfide) groups is 1. The second-order valence-corrected chi connectivity index (χ2v) is 6.59. The van der Waals surface area contributed by atoms with Gasteiger partial charge in [-0.05, 0) is 53.0 Å². The van der Waals surface area contributed by atoms with E-state index in [9.17, 15) is 0 Å². The van der Waals surface area contributed by atoms with Crippen molar-refractivity contribution in [2.75, 3.05) is 0 Å². The lowest BCUT2D eigenvalue weighted by molar-refractivity contribution is 0.543. The molecule has 6 heteroatoms. The Kier molecular flexibility index (Phi) is 4.69. The van der Waals surface area contributed by atoms with E-state index in [1.807, 2.05) is 12.1 Å². The number of hydrogen-bond acceptors (Lipinski definition) is 4. The normalized spacial score (nSPS) is 11.0. The van der Waals surface area contributed by atoms with Crippen LogP contribution in [0.4, 0.5) is 0 Å². The molecule has 1 aromatic carbocycles. The molecule has 2 heterocycles. The molecule has 22 heavy (non-hydrogen) atoms. The molecule has 0 saturated carbocycles. The van der Waals surface area contributed by atoms with Crippen molar-refractivity contribution >= 4 is 27.7 Å². The lowest BCUT2D eigenvalue weighted by Gasteiger charge is -2.07. The Morgan fingerprint density at radius 3 is 2.68 bits per heavy atom. The average Bonchev–Trinajstić information content (AvgIpc) is 3.12. The van der Waals surface area contributed by atoms with Crippen LogP contribution in [0.3, 0.4) is 0 Å². The highest BCUT2D eigenvalue weighted by atomic mass is 79.9. The molecule has 0 atom stereocenters. The molecule has 0 N–H and O–H groups in total. The molecule has 2 aromatic heterocycles. The number of aromatic nitrogens is 3. The fourth-order valence-corrected chi connectivity index (χ4v) is 3.60. The van der Waals surface area contributed by atoms with Gasteiger partial charge in [-0.3, -0.25) is 4.57 Å². The van der Waals surface area contributed by atoms with Crippen LogP contribution in [0.5, 0.6) is 0 Å². The number of hydrogen-bond donors (Lipinski definition) is 0. The van der Waals surface area contributed by atoms with Gasteiger partial charge < -0.3 is 4.42 Å². The van der Waals surface area contributed by atoms with Gasteiger partial charge in [-0.15, -0.1) is 10.2 Å². The van der Waals surface area contributed by atoms with E-state index in [-0.39, 0.29) is 0 Å². The first-order valence-electron chi connectivity index (χ1n) is 7.05. The lowest BCUT2D eigenvalue weighted by Crippen LogP contribution is -1.99.